The molecule has 2 aliphatic heterocycles. The summed E-state index contributed by atoms with van der Waals surface area (Å²) < 4.78 is 31.4. The first-order valence-electron chi connectivity index (χ1n) is 8.86. The predicted octanol–water partition coefficient (Wildman–Crippen LogP) is 1.47. The smallest absolute Gasteiger partial charge is 0.222 e. The van der Waals surface area contributed by atoms with Crippen LogP contribution in [0.1, 0.15) is 45.4 Å². The lowest BCUT2D eigenvalue weighted by atomic mass is 9.96. The average Bonchev–Trinajstić information content (AvgIpc) is 2.54. The molecule has 0 unspecified atom stereocenters. The van der Waals surface area contributed by atoms with Gasteiger partial charge in [-0.25, -0.2) is 12.7 Å². The van der Waals surface area contributed by atoms with E-state index < -0.39 is 10.0 Å². The van der Waals surface area contributed by atoms with E-state index in [-0.39, 0.29) is 11.7 Å². The van der Waals surface area contributed by atoms with E-state index in [0.29, 0.717) is 45.1 Å². The van der Waals surface area contributed by atoms with Crippen LogP contribution in [0.15, 0.2) is 0 Å². The van der Waals surface area contributed by atoms with E-state index in [1.165, 1.54) is 0 Å². The molecule has 0 N–H and O–H groups in total. The second kappa shape index (κ2) is 8.99. The Morgan fingerprint density at radius 2 is 1.91 bits per heavy atom. The summed E-state index contributed by atoms with van der Waals surface area (Å²) in [7, 11) is -3.16. The highest BCUT2D eigenvalue weighted by Crippen LogP contribution is 2.23. The van der Waals surface area contributed by atoms with Crippen molar-refractivity contribution >= 4 is 15.9 Å². The summed E-state index contributed by atoms with van der Waals surface area (Å²) in [6, 6.07) is 0. The van der Waals surface area contributed by atoms with Crippen molar-refractivity contribution in [2.24, 2.45) is 5.92 Å². The van der Waals surface area contributed by atoms with Crippen LogP contribution in [-0.2, 0) is 19.6 Å². The number of hydrogen-bond acceptors (Lipinski definition) is 4. The second-order valence-corrected chi connectivity index (χ2v) is 8.59. The molecule has 6 nitrogen and oxygen atoms in total. The Morgan fingerprint density at radius 3 is 2.57 bits per heavy atom. The van der Waals surface area contributed by atoms with Crippen molar-refractivity contribution in [2.75, 3.05) is 45.1 Å². The normalized spacial score (nSPS) is 21.8. The van der Waals surface area contributed by atoms with Crippen LogP contribution in [0.5, 0.6) is 0 Å². The van der Waals surface area contributed by atoms with Crippen molar-refractivity contribution in [3.8, 4) is 0 Å². The molecule has 0 aliphatic carbocycles. The molecule has 0 aromatic heterocycles. The molecule has 2 fully saturated rings. The number of sulfonamides is 1. The first-order valence-corrected chi connectivity index (χ1v) is 10.5. The van der Waals surface area contributed by atoms with E-state index >= 15 is 0 Å². The molecule has 2 heterocycles. The molecule has 1 amide bonds. The van der Waals surface area contributed by atoms with Gasteiger partial charge in [0.05, 0.1) is 5.75 Å². The molecule has 23 heavy (non-hydrogen) atoms. The number of nitrogens with zero attached hydrogens (tertiary/aromatic N) is 2. The minimum absolute atomic E-state index is 0.169. The number of carbonyl (C=O) groups is 1. The molecule has 0 spiro atoms. The van der Waals surface area contributed by atoms with Gasteiger partial charge in [-0.1, -0.05) is 0 Å². The highest BCUT2D eigenvalue weighted by molar-refractivity contribution is 7.89. The van der Waals surface area contributed by atoms with Crippen molar-refractivity contribution in [1.29, 1.82) is 0 Å². The van der Waals surface area contributed by atoms with Gasteiger partial charge in [0, 0.05) is 45.8 Å². The fraction of sp³-hybridized carbons (Fsp3) is 0.938. The van der Waals surface area contributed by atoms with Gasteiger partial charge in [0.2, 0.25) is 15.9 Å². The van der Waals surface area contributed by atoms with Gasteiger partial charge in [0.25, 0.3) is 0 Å². The summed E-state index contributed by atoms with van der Waals surface area (Å²) in [4.78, 5) is 13.8. The third-order valence-corrected chi connectivity index (χ3v) is 6.72. The monoisotopic (exact) mass is 346 g/mol. The molecule has 0 aromatic carbocycles. The Balaban J connectivity index is 1.73. The molecule has 0 bridgehead atoms. The molecule has 134 valence electrons. The summed E-state index contributed by atoms with van der Waals surface area (Å²) >= 11 is 0. The Kier molecular flexibility index (Phi) is 7.30. The van der Waals surface area contributed by atoms with Crippen LogP contribution in [0.2, 0.25) is 0 Å². The standard InChI is InChI=1S/C16H30N2O4S/c1-2-22-12-5-13-23(20,21)18-10-7-15(8-11-18)14-17-9-4-3-6-16(17)19/h15H,2-14H2,1H3. The van der Waals surface area contributed by atoms with Gasteiger partial charge in [-0.3, -0.25) is 4.79 Å². The summed E-state index contributed by atoms with van der Waals surface area (Å²) in [6.45, 7) is 5.88. The predicted molar refractivity (Wildman–Crippen MR) is 89.6 cm³/mol. The molecule has 2 aliphatic rings. The first kappa shape index (κ1) is 18.7. The lowest BCUT2D eigenvalue weighted by Gasteiger charge is -2.35. The maximum absolute atomic E-state index is 12.3. The molecular weight excluding hydrogens is 316 g/mol. The molecule has 0 aromatic rings. The first-order chi connectivity index (χ1) is 11.0. The SMILES string of the molecule is CCOCCCS(=O)(=O)N1CCC(CN2CCCCC2=O)CC1. The average molecular weight is 346 g/mol. The van der Waals surface area contributed by atoms with Gasteiger partial charge in [0.1, 0.15) is 0 Å². The Hall–Kier alpha value is -0.660. The molecule has 0 radical (unpaired) electrons. The van der Waals surface area contributed by atoms with Gasteiger partial charge in [0.15, 0.2) is 0 Å². The summed E-state index contributed by atoms with van der Waals surface area (Å²) in [5.41, 5.74) is 0. The van der Waals surface area contributed by atoms with Crippen LogP contribution in [0.25, 0.3) is 0 Å². The Labute approximate surface area is 140 Å². The topological polar surface area (TPSA) is 66.9 Å². The summed E-state index contributed by atoms with van der Waals surface area (Å²) in [5, 5.41) is 0. The number of ether oxygens (including phenoxy) is 1. The number of piperidine rings is 2. The summed E-state index contributed by atoms with van der Waals surface area (Å²) in [5.74, 6) is 0.872. The van der Waals surface area contributed by atoms with Crippen molar-refractivity contribution < 1.29 is 17.9 Å². The largest absolute Gasteiger partial charge is 0.382 e. The fourth-order valence-electron chi connectivity index (χ4n) is 3.35. The number of carbonyl (C=O) groups excluding carboxylic acids is 1. The van der Waals surface area contributed by atoms with E-state index in [9.17, 15) is 13.2 Å². The van der Waals surface area contributed by atoms with Gasteiger partial charge in [-0.2, -0.15) is 0 Å². The number of rotatable bonds is 8. The maximum atomic E-state index is 12.3. The lowest BCUT2D eigenvalue weighted by Crippen LogP contribution is -2.44. The van der Waals surface area contributed by atoms with Crippen LogP contribution in [0.3, 0.4) is 0 Å². The van der Waals surface area contributed by atoms with E-state index in [2.05, 4.69) is 0 Å². The molecule has 7 heteroatoms. The Bertz CT molecular complexity index is 472. The van der Waals surface area contributed by atoms with Crippen LogP contribution in [-0.4, -0.2) is 68.7 Å². The van der Waals surface area contributed by atoms with E-state index in [1.807, 2.05) is 11.8 Å². The highest BCUT2D eigenvalue weighted by Gasteiger charge is 2.29. The van der Waals surface area contributed by atoms with Gasteiger partial charge >= 0.3 is 0 Å². The van der Waals surface area contributed by atoms with E-state index in [0.717, 1.165) is 38.8 Å². The van der Waals surface area contributed by atoms with Crippen molar-refractivity contribution in [1.82, 2.24) is 9.21 Å². The number of likely N-dealkylation sites (tertiary alicyclic amines) is 1. The van der Waals surface area contributed by atoms with Crippen LogP contribution in [0, 0.1) is 5.92 Å². The van der Waals surface area contributed by atoms with Gasteiger partial charge in [-0.05, 0) is 44.9 Å². The fourth-order valence-corrected chi connectivity index (χ4v) is 4.86. The van der Waals surface area contributed by atoms with Crippen molar-refractivity contribution in [3.05, 3.63) is 0 Å². The third-order valence-electron chi connectivity index (χ3n) is 4.76. The molecule has 2 saturated heterocycles. The number of amides is 1. The van der Waals surface area contributed by atoms with Gasteiger partial charge < -0.3 is 9.64 Å². The zero-order valence-corrected chi connectivity index (χ0v) is 15.0. The molecule has 0 saturated carbocycles. The second-order valence-electron chi connectivity index (χ2n) is 6.51. The van der Waals surface area contributed by atoms with Gasteiger partial charge in [-0.15, -0.1) is 0 Å². The van der Waals surface area contributed by atoms with Crippen LogP contribution >= 0.6 is 0 Å². The quantitative estimate of drug-likeness (QED) is 0.624. The van der Waals surface area contributed by atoms with Crippen LogP contribution in [0.4, 0.5) is 0 Å². The number of hydrogen-bond donors (Lipinski definition) is 0. The zero-order chi connectivity index (χ0) is 16.7. The van der Waals surface area contributed by atoms with Crippen LogP contribution < -0.4 is 0 Å². The zero-order valence-electron chi connectivity index (χ0n) is 14.2. The molecule has 2 rings (SSSR count). The third kappa shape index (κ3) is 5.72. The van der Waals surface area contributed by atoms with E-state index in [1.54, 1.807) is 4.31 Å². The molecule has 0 atom stereocenters. The minimum Gasteiger partial charge on any atom is -0.382 e. The maximum Gasteiger partial charge on any atom is 0.222 e. The van der Waals surface area contributed by atoms with E-state index in [4.69, 9.17) is 4.74 Å². The minimum atomic E-state index is -3.16. The lowest BCUT2D eigenvalue weighted by molar-refractivity contribution is -0.134. The Morgan fingerprint density at radius 1 is 1.17 bits per heavy atom. The summed E-state index contributed by atoms with van der Waals surface area (Å²) in [6.07, 6.45) is 5.04. The van der Waals surface area contributed by atoms with Crippen molar-refractivity contribution in [2.45, 2.75) is 45.4 Å². The van der Waals surface area contributed by atoms with Crippen molar-refractivity contribution in [3.63, 3.8) is 0 Å². The highest BCUT2D eigenvalue weighted by atomic mass is 32.2. The molecular formula is C16H30N2O4S.